The third-order valence-corrected chi connectivity index (χ3v) is 8.78. The van der Waals surface area contributed by atoms with Crippen LogP contribution in [0.2, 0.25) is 0 Å². The maximum absolute atomic E-state index is 13.5. The highest BCUT2D eigenvalue weighted by Crippen LogP contribution is 2.47. The molecule has 1 aromatic heterocycles. The first-order valence-corrected chi connectivity index (χ1v) is 14.2. The van der Waals surface area contributed by atoms with Gasteiger partial charge in [-0.2, -0.15) is 13.2 Å². The number of alkyl halides is 3. The second kappa shape index (κ2) is 10.8. The molecule has 4 heterocycles. The van der Waals surface area contributed by atoms with Crippen molar-refractivity contribution < 1.29 is 17.9 Å². The van der Waals surface area contributed by atoms with Crippen molar-refractivity contribution >= 4 is 33.9 Å². The molecular formula is C31H37F3N4OS. The zero-order valence-corrected chi connectivity index (χ0v) is 24.4. The number of nitrogens with zero attached hydrogens (tertiary/aromatic N) is 2. The van der Waals surface area contributed by atoms with Crippen LogP contribution in [0.1, 0.15) is 56.3 Å². The number of methoxy groups -OCH3 is 1. The molecule has 0 saturated carbocycles. The lowest BCUT2D eigenvalue weighted by Gasteiger charge is -2.55. The van der Waals surface area contributed by atoms with Crippen molar-refractivity contribution in [3.05, 3.63) is 65.4 Å². The van der Waals surface area contributed by atoms with E-state index in [0.717, 1.165) is 53.9 Å². The summed E-state index contributed by atoms with van der Waals surface area (Å²) >= 11 is 5.74. The first-order chi connectivity index (χ1) is 18.8. The van der Waals surface area contributed by atoms with E-state index >= 15 is 0 Å². The number of hydrogen-bond acceptors (Lipinski definition) is 4. The van der Waals surface area contributed by atoms with Gasteiger partial charge in [0.15, 0.2) is 5.11 Å². The Morgan fingerprint density at radius 2 is 1.90 bits per heavy atom. The third kappa shape index (κ3) is 5.91. The Labute approximate surface area is 239 Å². The molecule has 2 bridgehead atoms. The van der Waals surface area contributed by atoms with E-state index in [4.69, 9.17) is 17.0 Å². The standard InChI is InChI=1S/C31H37F3N4OS/c1-18-12-20(31(32,33)34)15-21(13-18)36-29(40)37-28(23-8-10-35-26-7-6-22(39-5)16-24(23)26)27-14-19-9-11-38(27)17-25(19)30(2,3)4/h6-8,10,12-13,15-16,19,25,27-28H,9,11,14,17H2,1-5H3,(H2,36,37,40)/t19?,25?,27?,28-/m0/s1. The zero-order valence-electron chi connectivity index (χ0n) is 23.6. The fourth-order valence-electron chi connectivity index (χ4n) is 6.65. The molecule has 3 aliphatic heterocycles. The number of hydrogen-bond donors (Lipinski definition) is 2. The van der Waals surface area contributed by atoms with Crippen molar-refractivity contribution in [1.82, 2.24) is 15.2 Å². The van der Waals surface area contributed by atoms with E-state index in [1.165, 1.54) is 6.42 Å². The molecule has 0 aliphatic carbocycles. The zero-order chi connectivity index (χ0) is 28.8. The van der Waals surface area contributed by atoms with Crippen LogP contribution in [0.25, 0.3) is 10.9 Å². The van der Waals surface area contributed by atoms with Crippen LogP contribution in [-0.2, 0) is 6.18 Å². The van der Waals surface area contributed by atoms with Crippen molar-refractivity contribution in [2.45, 2.75) is 58.8 Å². The number of halogens is 3. The van der Waals surface area contributed by atoms with Gasteiger partial charge in [-0.1, -0.05) is 20.8 Å². The molecule has 3 aromatic rings. The van der Waals surface area contributed by atoms with E-state index in [9.17, 15) is 13.2 Å². The van der Waals surface area contributed by atoms with Crippen molar-refractivity contribution in [2.24, 2.45) is 17.3 Å². The van der Waals surface area contributed by atoms with Gasteiger partial charge in [0.25, 0.3) is 0 Å². The molecule has 2 N–H and O–H groups in total. The molecule has 9 heteroatoms. The summed E-state index contributed by atoms with van der Waals surface area (Å²) in [5.74, 6) is 1.93. The van der Waals surface area contributed by atoms with Crippen LogP contribution in [-0.4, -0.2) is 41.2 Å². The molecule has 0 amide bonds. The highest BCUT2D eigenvalue weighted by Gasteiger charge is 2.47. The fourth-order valence-corrected chi connectivity index (χ4v) is 6.89. The van der Waals surface area contributed by atoms with Gasteiger partial charge in [-0.3, -0.25) is 9.88 Å². The minimum atomic E-state index is -4.44. The molecule has 0 spiro atoms. The molecule has 214 valence electrons. The maximum atomic E-state index is 13.5. The summed E-state index contributed by atoms with van der Waals surface area (Å²) in [5.41, 5.74) is 2.21. The number of aromatic nitrogens is 1. The largest absolute Gasteiger partial charge is 0.497 e. The SMILES string of the molecule is COc1ccc2nccc([C@H](NC(=S)Nc3cc(C)cc(C(F)(F)F)c3)C3CC4CCN3CC4C(C)(C)C)c2c1. The van der Waals surface area contributed by atoms with E-state index in [1.54, 1.807) is 26.3 Å². The number of rotatable bonds is 5. The minimum absolute atomic E-state index is 0.164. The van der Waals surface area contributed by atoms with Crippen molar-refractivity contribution in [3.63, 3.8) is 0 Å². The van der Waals surface area contributed by atoms with Crippen molar-refractivity contribution in [2.75, 3.05) is 25.5 Å². The highest BCUT2D eigenvalue weighted by atomic mass is 32.1. The second-order valence-corrected chi connectivity index (χ2v) is 12.7. The summed E-state index contributed by atoms with van der Waals surface area (Å²) in [6.45, 7) is 10.6. The number of anilines is 1. The Morgan fingerprint density at radius 1 is 1.12 bits per heavy atom. The number of fused-ring (bicyclic) bond motifs is 4. The number of thiocarbonyl (C=S) groups is 1. The predicted molar refractivity (Wildman–Crippen MR) is 158 cm³/mol. The maximum Gasteiger partial charge on any atom is 0.416 e. The Bertz CT molecular complexity index is 1400. The molecule has 2 aromatic carbocycles. The average molecular weight is 571 g/mol. The lowest BCUT2D eigenvalue weighted by molar-refractivity contribution is -0.137. The van der Waals surface area contributed by atoms with Gasteiger partial charge in [-0.15, -0.1) is 0 Å². The van der Waals surface area contributed by atoms with Gasteiger partial charge in [-0.05, 0) is 109 Å². The van der Waals surface area contributed by atoms with Crippen molar-refractivity contribution in [3.8, 4) is 5.75 Å². The number of aryl methyl sites for hydroxylation is 1. The number of benzene rings is 2. The van der Waals surface area contributed by atoms with E-state index in [1.807, 2.05) is 24.3 Å². The number of pyridine rings is 1. The van der Waals surface area contributed by atoms with Crippen molar-refractivity contribution in [1.29, 1.82) is 0 Å². The molecule has 6 rings (SSSR count). The molecule has 5 atom stereocenters. The molecule has 4 unspecified atom stereocenters. The first-order valence-electron chi connectivity index (χ1n) is 13.8. The minimum Gasteiger partial charge on any atom is -0.497 e. The first kappa shape index (κ1) is 28.6. The molecule has 0 radical (unpaired) electrons. The fraction of sp³-hybridized carbons (Fsp3) is 0.484. The normalized spacial score (nSPS) is 23.6. The van der Waals surface area contributed by atoms with E-state index in [2.05, 4.69) is 41.3 Å². The van der Waals surface area contributed by atoms with Crippen LogP contribution in [0.4, 0.5) is 18.9 Å². The second-order valence-electron chi connectivity index (χ2n) is 12.3. The van der Waals surface area contributed by atoms with E-state index in [0.29, 0.717) is 23.1 Å². The molecule has 3 saturated heterocycles. The summed E-state index contributed by atoms with van der Waals surface area (Å²) in [6.07, 6.45) is -0.450. The number of piperidine rings is 3. The van der Waals surface area contributed by atoms with Gasteiger partial charge in [-0.25, -0.2) is 0 Å². The molecular weight excluding hydrogens is 533 g/mol. The number of nitrogens with one attached hydrogen (secondary N) is 2. The predicted octanol–water partition coefficient (Wildman–Crippen LogP) is 7.35. The Balaban J connectivity index is 1.50. The summed E-state index contributed by atoms with van der Waals surface area (Å²) in [4.78, 5) is 7.14. The molecule has 3 aliphatic rings. The van der Waals surface area contributed by atoms with Crippen LogP contribution in [0.5, 0.6) is 5.75 Å². The van der Waals surface area contributed by atoms with Gasteiger partial charge in [0.1, 0.15) is 5.75 Å². The summed E-state index contributed by atoms with van der Waals surface area (Å²) in [6, 6.07) is 11.7. The summed E-state index contributed by atoms with van der Waals surface area (Å²) < 4.78 is 45.9. The molecule has 40 heavy (non-hydrogen) atoms. The van der Waals surface area contributed by atoms with Gasteiger partial charge in [0.2, 0.25) is 0 Å². The molecule has 5 nitrogen and oxygen atoms in total. The smallest absolute Gasteiger partial charge is 0.416 e. The highest BCUT2D eigenvalue weighted by molar-refractivity contribution is 7.80. The summed E-state index contributed by atoms with van der Waals surface area (Å²) in [7, 11) is 1.64. The lowest BCUT2D eigenvalue weighted by Crippen LogP contribution is -2.60. The Kier molecular flexibility index (Phi) is 7.74. The average Bonchev–Trinajstić information content (AvgIpc) is 2.90. The Hall–Kier alpha value is -2.91. The van der Waals surface area contributed by atoms with Gasteiger partial charge >= 0.3 is 6.18 Å². The van der Waals surface area contributed by atoms with Gasteiger partial charge in [0.05, 0.1) is 24.2 Å². The quantitative estimate of drug-likeness (QED) is 0.313. The van der Waals surface area contributed by atoms with Gasteiger partial charge in [0, 0.05) is 29.9 Å². The monoisotopic (exact) mass is 570 g/mol. The van der Waals surface area contributed by atoms with Crippen LogP contribution < -0.4 is 15.4 Å². The van der Waals surface area contributed by atoms with Crippen LogP contribution in [0.15, 0.2) is 48.7 Å². The topological polar surface area (TPSA) is 49.4 Å². The molecule has 3 fully saturated rings. The Morgan fingerprint density at radius 3 is 2.55 bits per heavy atom. The third-order valence-electron chi connectivity index (χ3n) is 8.56. The number of ether oxygens (including phenoxy) is 1. The summed E-state index contributed by atoms with van der Waals surface area (Å²) in [5, 5.41) is 7.82. The van der Waals surface area contributed by atoms with E-state index in [-0.39, 0.29) is 22.6 Å². The van der Waals surface area contributed by atoms with Crippen LogP contribution in [0, 0.1) is 24.2 Å². The van der Waals surface area contributed by atoms with Gasteiger partial charge < -0.3 is 15.4 Å². The van der Waals surface area contributed by atoms with Crippen LogP contribution >= 0.6 is 12.2 Å². The van der Waals surface area contributed by atoms with E-state index < -0.39 is 11.7 Å². The lowest BCUT2D eigenvalue weighted by atomic mass is 9.64. The van der Waals surface area contributed by atoms with Crippen LogP contribution in [0.3, 0.4) is 0 Å².